The highest BCUT2D eigenvalue weighted by atomic mass is 16.5. The zero-order valence-corrected chi connectivity index (χ0v) is 17.7. The summed E-state index contributed by atoms with van der Waals surface area (Å²) in [5.41, 5.74) is 3.49. The molecule has 162 valence electrons. The maximum atomic E-state index is 9.10. The fraction of sp³-hybridized carbons (Fsp3) is 0.318. The highest BCUT2D eigenvalue weighted by molar-refractivity contribution is 5.79. The first kappa shape index (κ1) is 20.1. The third kappa shape index (κ3) is 3.79. The molecule has 5 rings (SSSR count). The van der Waals surface area contributed by atoms with Crippen molar-refractivity contribution in [2.24, 2.45) is 0 Å². The summed E-state index contributed by atoms with van der Waals surface area (Å²) >= 11 is 0. The Morgan fingerprint density at radius 1 is 1.22 bits per heavy atom. The zero-order valence-electron chi connectivity index (χ0n) is 17.7. The number of nitrogens with one attached hydrogen (secondary N) is 2. The molecule has 10 nitrogen and oxygen atoms in total. The average Bonchev–Trinajstić information content (AvgIpc) is 3.46. The van der Waals surface area contributed by atoms with E-state index < -0.39 is 0 Å². The van der Waals surface area contributed by atoms with E-state index >= 15 is 0 Å². The van der Waals surface area contributed by atoms with Crippen LogP contribution in [0.25, 0.3) is 28.1 Å². The number of morpholine rings is 1. The van der Waals surface area contributed by atoms with Crippen LogP contribution in [0.2, 0.25) is 0 Å². The van der Waals surface area contributed by atoms with Crippen LogP contribution in [-0.2, 0) is 4.74 Å². The van der Waals surface area contributed by atoms with Crippen molar-refractivity contribution < 1.29 is 9.26 Å². The van der Waals surface area contributed by atoms with E-state index in [0.717, 1.165) is 28.9 Å². The summed E-state index contributed by atoms with van der Waals surface area (Å²) in [6.07, 6.45) is 4.96. The summed E-state index contributed by atoms with van der Waals surface area (Å²) < 4.78 is 12.8. The number of anilines is 1. The van der Waals surface area contributed by atoms with Crippen molar-refractivity contribution in [2.75, 3.05) is 25.1 Å². The third-order valence-electron chi connectivity index (χ3n) is 5.16. The van der Waals surface area contributed by atoms with Gasteiger partial charge in [0.15, 0.2) is 17.2 Å². The van der Waals surface area contributed by atoms with Crippen LogP contribution in [0.15, 0.2) is 41.3 Å². The second-order valence-electron chi connectivity index (χ2n) is 7.89. The first-order valence-electron chi connectivity index (χ1n) is 10.4. The Bertz CT molecular complexity index is 1300. The molecule has 1 fully saturated rings. The maximum absolute atomic E-state index is 9.10. The van der Waals surface area contributed by atoms with E-state index in [0.29, 0.717) is 35.9 Å². The number of pyridine rings is 2. The number of fused-ring (bicyclic) bond motifs is 1. The smallest absolute Gasteiger partial charge is 0.164 e. The molecule has 4 aromatic heterocycles. The second kappa shape index (κ2) is 8.37. The standard InChI is InChI=1S/C22H22N8O2/c1-13(2)28-17-7-21(30-22-15(10-27-30)5-14(8-23)9-26-22)25-11-16(17)18-6-20(32-29-18)19-12-31-4-3-24-19/h5-7,9-11,13,19,24H,3-4,12H2,1-2H3,(H,25,28)/t19-/m0/s1. The number of hydrogen-bond donors (Lipinski definition) is 2. The molecule has 10 heteroatoms. The molecule has 2 N–H and O–H groups in total. The normalized spacial score (nSPS) is 16.4. The second-order valence-corrected chi connectivity index (χ2v) is 7.89. The maximum Gasteiger partial charge on any atom is 0.164 e. The van der Waals surface area contributed by atoms with Crippen LogP contribution in [0, 0.1) is 11.3 Å². The van der Waals surface area contributed by atoms with Gasteiger partial charge >= 0.3 is 0 Å². The van der Waals surface area contributed by atoms with Gasteiger partial charge in [0.05, 0.1) is 31.0 Å². The molecular formula is C22H22N8O2. The molecule has 0 aliphatic carbocycles. The Labute approximate surface area is 184 Å². The lowest BCUT2D eigenvalue weighted by Crippen LogP contribution is -2.34. The Hall–Kier alpha value is -3.81. The number of nitriles is 1. The van der Waals surface area contributed by atoms with Crippen molar-refractivity contribution in [3.63, 3.8) is 0 Å². The zero-order chi connectivity index (χ0) is 22.1. The molecule has 0 unspecified atom stereocenters. The van der Waals surface area contributed by atoms with Gasteiger partial charge in [-0.05, 0) is 19.9 Å². The Kier molecular flexibility index (Phi) is 5.26. The van der Waals surface area contributed by atoms with Crippen LogP contribution in [0.5, 0.6) is 0 Å². The summed E-state index contributed by atoms with van der Waals surface area (Å²) in [7, 11) is 0. The van der Waals surface area contributed by atoms with Gasteiger partial charge in [0.25, 0.3) is 0 Å². The van der Waals surface area contributed by atoms with Crippen LogP contribution in [0.1, 0.15) is 31.2 Å². The van der Waals surface area contributed by atoms with Gasteiger partial charge in [0, 0.05) is 53.8 Å². The van der Waals surface area contributed by atoms with Gasteiger partial charge in [-0.25, -0.2) is 9.97 Å². The number of nitrogens with zero attached hydrogens (tertiary/aromatic N) is 6. The largest absolute Gasteiger partial charge is 0.382 e. The minimum absolute atomic E-state index is 0.0152. The fourth-order valence-electron chi connectivity index (χ4n) is 3.67. The number of ether oxygens (including phenoxy) is 1. The van der Waals surface area contributed by atoms with Crippen molar-refractivity contribution in [3.05, 3.63) is 48.1 Å². The van der Waals surface area contributed by atoms with E-state index in [9.17, 15) is 0 Å². The Morgan fingerprint density at radius 2 is 2.12 bits per heavy atom. The highest BCUT2D eigenvalue weighted by Gasteiger charge is 2.22. The van der Waals surface area contributed by atoms with Gasteiger partial charge in [-0.3, -0.25) is 0 Å². The summed E-state index contributed by atoms with van der Waals surface area (Å²) in [6, 6.07) is 7.86. The molecule has 0 saturated carbocycles. The number of aromatic nitrogens is 5. The van der Waals surface area contributed by atoms with Crippen molar-refractivity contribution >= 4 is 16.7 Å². The molecule has 1 aliphatic rings. The first-order chi connectivity index (χ1) is 15.6. The van der Waals surface area contributed by atoms with E-state index in [2.05, 4.69) is 50.8 Å². The molecule has 5 heterocycles. The Morgan fingerprint density at radius 3 is 2.91 bits per heavy atom. The van der Waals surface area contributed by atoms with Crippen molar-refractivity contribution in [2.45, 2.75) is 25.9 Å². The van der Waals surface area contributed by atoms with Gasteiger partial charge in [0.2, 0.25) is 0 Å². The van der Waals surface area contributed by atoms with Crippen LogP contribution < -0.4 is 10.6 Å². The average molecular weight is 430 g/mol. The summed E-state index contributed by atoms with van der Waals surface area (Å²) in [5, 5.41) is 25.4. The Balaban J connectivity index is 1.53. The van der Waals surface area contributed by atoms with Crippen LogP contribution >= 0.6 is 0 Å². The summed E-state index contributed by atoms with van der Waals surface area (Å²) in [5.74, 6) is 1.34. The monoisotopic (exact) mass is 430 g/mol. The molecule has 1 atom stereocenters. The van der Waals surface area contributed by atoms with Crippen LogP contribution in [-0.4, -0.2) is 50.7 Å². The van der Waals surface area contributed by atoms with Gasteiger partial charge in [0.1, 0.15) is 11.8 Å². The van der Waals surface area contributed by atoms with E-state index in [1.54, 1.807) is 23.1 Å². The minimum Gasteiger partial charge on any atom is -0.382 e. The van der Waals surface area contributed by atoms with Crippen LogP contribution in [0.4, 0.5) is 5.69 Å². The molecule has 0 radical (unpaired) electrons. The van der Waals surface area contributed by atoms with Gasteiger partial charge in [-0.15, -0.1) is 0 Å². The van der Waals surface area contributed by atoms with Crippen LogP contribution in [0.3, 0.4) is 0 Å². The van der Waals surface area contributed by atoms with Gasteiger partial charge in [-0.2, -0.15) is 15.0 Å². The quantitative estimate of drug-likeness (QED) is 0.491. The van der Waals surface area contributed by atoms with Crippen molar-refractivity contribution in [1.29, 1.82) is 5.26 Å². The lowest BCUT2D eigenvalue weighted by molar-refractivity contribution is 0.0677. The summed E-state index contributed by atoms with van der Waals surface area (Å²) in [6.45, 7) is 6.15. The number of rotatable bonds is 5. The topological polar surface area (TPSA) is 127 Å². The molecular weight excluding hydrogens is 408 g/mol. The van der Waals surface area contributed by atoms with E-state index in [4.69, 9.17) is 14.5 Å². The molecule has 0 aromatic carbocycles. The van der Waals surface area contributed by atoms with Gasteiger partial charge in [-0.1, -0.05) is 5.16 Å². The SMILES string of the molecule is CC(C)Nc1cc(-n2ncc3cc(C#N)cnc32)ncc1-c1cc([C@@H]2COCCN2)on1. The van der Waals surface area contributed by atoms with E-state index in [1.807, 2.05) is 12.1 Å². The predicted molar refractivity (Wildman–Crippen MR) is 117 cm³/mol. The predicted octanol–water partition coefficient (Wildman–Crippen LogP) is 2.82. The molecule has 0 spiro atoms. The molecule has 0 bridgehead atoms. The molecule has 4 aromatic rings. The van der Waals surface area contributed by atoms with Gasteiger partial charge < -0.3 is 19.9 Å². The lowest BCUT2D eigenvalue weighted by atomic mass is 10.1. The van der Waals surface area contributed by atoms with E-state index in [1.165, 1.54) is 6.20 Å². The fourth-order valence-corrected chi connectivity index (χ4v) is 3.67. The van der Waals surface area contributed by atoms with E-state index in [-0.39, 0.29) is 12.1 Å². The van der Waals surface area contributed by atoms with Crippen molar-refractivity contribution in [1.82, 2.24) is 30.2 Å². The molecule has 1 aliphatic heterocycles. The third-order valence-corrected chi connectivity index (χ3v) is 5.16. The molecule has 1 saturated heterocycles. The minimum atomic E-state index is -0.0152. The highest BCUT2D eigenvalue weighted by Crippen LogP contribution is 2.31. The summed E-state index contributed by atoms with van der Waals surface area (Å²) in [4.78, 5) is 9.00. The molecule has 0 amide bonds. The first-order valence-corrected chi connectivity index (χ1v) is 10.4. The number of hydrogen-bond acceptors (Lipinski definition) is 9. The lowest BCUT2D eigenvalue weighted by Gasteiger charge is -2.21. The molecule has 32 heavy (non-hydrogen) atoms. The van der Waals surface area contributed by atoms with Crippen molar-refractivity contribution in [3.8, 4) is 23.1 Å².